The molecule has 0 aliphatic carbocycles. The average Bonchev–Trinajstić information content (AvgIpc) is 3.44. The van der Waals surface area contributed by atoms with E-state index in [0.717, 1.165) is 15.4 Å². The molecule has 0 fully saturated rings. The van der Waals surface area contributed by atoms with Gasteiger partial charge in [0.2, 0.25) is 5.82 Å². The molecule has 220 valence electrons. The fourth-order valence-corrected chi connectivity index (χ4v) is 4.99. The molecular weight excluding hydrogens is 624 g/mol. The van der Waals surface area contributed by atoms with Gasteiger partial charge in [0.1, 0.15) is 5.58 Å². The first-order valence-corrected chi connectivity index (χ1v) is 14.7. The zero-order chi connectivity index (χ0) is 30.6. The number of nitrogens with zero attached hydrogens (tertiary/aromatic N) is 3. The van der Waals surface area contributed by atoms with Crippen LogP contribution in [0.4, 0.5) is 5.69 Å². The Morgan fingerprint density at radius 2 is 1.82 bits per heavy atom. The summed E-state index contributed by atoms with van der Waals surface area (Å²) < 4.78 is 19.8. The Morgan fingerprint density at radius 1 is 1.00 bits per heavy atom. The lowest BCUT2D eigenvalue weighted by atomic mass is 10.2. The number of hydrogen-bond acceptors (Lipinski definition) is 7. The maximum absolute atomic E-state index is 13.6. The fraction of sp³-hybridized carbons (Fsp3) is 0.118. The van der Waals surface area contributed by atoms with E-state index in [1.54, 1.807) is 36.4 Å². The van der Waals surface area contributed by atoms with E-state index in [9.17, 15) is 9.59 Å². The normalized spacial score (nSPS) is 11.3. The van der Waals surface area contributed by atoms with Crippen LogP contribution in [0.1, 0.15) is 18.1 Å². The molecule has 0 bridgehead atoms. The Bertz CT molecular complexity index is 2080. The van der Waals surface area contributed by atoms with Crippen molar-refractivity contribution in [3.8, 4) is 23.1 Å². The van der Waals surface area contributed by atoms with Gasteiger partial charge in [-0.05, 0) is 86.1 Å². The molecule has 0 spiro atoms. The van der Waals surface area contributed by atoms with Gasteiger partial charge in [-0.15, -0.1) is 0 Å². The quantitative estimate of drug-likeness (QED) is 0.166. The number of hydrogen-bond donors (Lipinski definition) is 1. The van der Waals surface area contributed by atoms with Crippen LogP contribution >= 0.6 is 15.9 Å². The van der Waals surface area contributed by atoms with Gasteiger partial charge < -0.3 is 19.2 Å². The third-order valence-electron chi connectivity index (χ3n) is 6.74. The van der Waals surface area contributed by atoms with Crippen molar-refractivity contribution >= 4 is 55.6 Å². The number of furan rings is 1. The summed E-state index contributed by atoms with van der Waals surface area (Å²) >= 11 is 3.49. The maximum Gasteiger partial charge on any atom is 0.282 e. The minimum absolute atomic E-state index is 0.197. The highest BCUT2D eigenvalue weighted by Crippen LogP contribution is 2.30. The number of aryl methyl sites for hydroxylation is 1. The number of ether oxygens (including phenoxy) is 2. The molecule has 44 heavy (non-hydrogen) atoms. The van der Waals surface area contributed by atoms with E-state index < -0.39 is 0 Å². The Labute approximate surface area is 260 Å². The van der Waals surface area contributed by atoms with Gasteiger partial charge in [-0.3, -0.25) is 9.59 Å². The smallest absolute Gasteiger partial charge is 0.282 e. The van der Waals surface area contributed by atoms with Crippen LogP contribution in [0.3, 0.4) is 0 Å². The summed E-state index contributed by atoms with van der Waals surface area (Å²) in [6, 6.07) is 27.3. The summed E-state index contributed by atoms with van der Waals surface area (Å²) in [7, 11) is 0. The molecule has 0 saturated carbocycles. The number of aromatic nitrogens is 2. The van der Waals surface area contributed by atoms with Gasteiger partial charge in [-0.25, -0.2) is 4.98 Å². The van der Waals surface area contributed by atoms with Crippen molar-refractivity contribution in [2.24, 2.45) is 5.10 Å². The molecule has 0 atom stereocenters. The van der Waals surface area contributed by atoms with Gasteiger partial charge >= 0.3 is 0 Å². The largest absolute Gasteiger partial charge is 0.490 e. The fourth-order valence-electron chi connectivity index (χ4n) is 4.61. The Morgan fingerprint density at radius 3 is 2.64 bits per heavy atom. The van der Waals surface area contributed by atoms with Crippen molar-refractivity contribution in [2.75, 3.05) is 18.5 Å². The Hall–Kier alpha value is -5.22. The molecule has 2 heterocycles. The van der Waals surface area contributed by atoms with E-state index in [-0.39, 0.29) is 23.9 Å². The standard InChI is InChI=1S/C34H27BrN4O5/c1-3-42-30-16-22(10-14-29(30)43-20-32(40)37-25-12-8-21(2)9-13-25)19-36-39-33(38-27-7-5-4-6-26(27)34(39)41)31-18-23-17-24(35)11-15-28(23)44-31/h4-19H,3,20H2,1-2H3,(H,37,40). The first-order chi connectivity index (χ1) is 21.4. The second-order valence-corrected chi connectivity index (χ2v) is 10.9. The summed E-state index contributed by atoms with van der Waals surface area (Å²) in [6.45, 7) is 4.02. The lowest BCUT2D eigenvalue weighted by Crippen LogP contribution is -2.20. The molecule has 0 radical (unpaired) electrons. The average molecular weight is 652 g/mol. The monoisotopic (exact) mass is 650 g/mol. The molecule has 1 N–H and O–H groups in total. The lowest BCUT2D eigenvalue weighted by molar-refractivity contribution is -0.118. The summed E-state index contributed by atoms with van der Waals surface area (Å²) in [5, 5.41) is 8.63. The Balaban J connectivity index is 1.30. The number of anilines is 1. The van der Waals surface area contributed by atoms with Crippen LogP contribution in [0.25, 0.3) is 33.5 Å². The highest BCUT2D eigenvalue weighted by molar-refractivity contribution is 9.10. The number of halogens is 1. The van der Waals surface area contributed by atoms with Crippen LogP contribution in [-0.2, 0) is 4.79 Å². The molecule has 0 aliphatic rings. The third-order valence-corrected chi connectivity index (χ3v) is 7.23. The van der Waals surface area contributed by atoms with Gasteiger partial charge in [0.05, 0.1) is 23.7 Å². The second kappa shape index (κ2) is 12.6. The summed E-state index contributed by atoms with van der Waals surface area (Å²) in [5.74, 6) is 1.21. The number of nitrogens with one attached hydrogen (secondary N) is 1. The number of carbonyl (C=O) groups is 1. The second-order valence-electron chi connectivity index (χ2n) is 9.95. The Kier molecular flexibility index (Phi) is 8.25. The number of fused-ring (bicyclic) bond motifs is 2. The molecule has 1 amide bonds. The summed E-state index contributed by atoms with van der Waals surface area (Å²) in [5.41, 5.74) is 3.29. The van der Waals surface area contributed by atoms with E-state index in [2.05, 4.69) is 26.3 Å². The molecular formula is C34H27BrN4O5. The molecule has 0 aliphatic heterocycles. The molecule has 10 heteroatoms. The molecule has 6 aromatic rings. The summed E-state index contributed by atoms with van der Waals surface area (Å²) in [6.07, 6.45) is 1.54. The number of carbonyl (C=O) groups excluding carboxylic acids is 1. The van der Waals surface area contributed by atoms with E-state index in [0.29, 0.717) is 51.6 Å². The van der Waals surface area contributed by atoms with Crippen molar-refractivity contribution in [3.05, 3.63) is 117 Å². The van der Waals surface area contributed by atoms with Gasteiger partial charge in [-0.1, -0.05) is 45.8 Å². The first-order valence-electron chi connectivity index (χ1n) is 13.9. The predicted molar refractivity (Wildman–Crippen MR) is 175 cm³/mol. The zero-order valence-corrected chi connectivity index (χ0v) is 25.5. The predicted octanol–water partition coefficient (Wildman–Crippen LogP) is 7.18. The number of amides is 1. The zero-order valence-electron chi connectivity index (χ0n) is 23.9. The SMILES string of the molecule is CCOc1cc(C=Nn2c(-c3cc4cc(Br)ccc4o3)nc3ccccc3c2=O)ccc1OCC(=O)Nc1ccc(C)cc1. The summed E-state index contributed by atoms with van der Waals surface area (Å²) in [4.78, 5) is 30.8. The lowest BCUT2D eigenvalue weighted by Gasteiger charge is -2.13. The molecule has 6 rings (SSSR count). The van der Waals surface area contributed by atoms with Crippen LogP contribution < -0.4 is 20.3 Å². The minimum atomic E-state index is -0.340. The van der Waals surface area contributed by atoms with Crippen molar-refractivity contribution in [2.45, 2.75) is 13.8 Å². The molecule has 0 unspecified atom stereocenters. The topological polar surface area (TPSA) is 108 Å². The van der Waals surface area contributed by atoms with E-state index in [1.807, 2.05) is 68.4 Å². The maximum atomic E-state index is 13.6. The van der Waals surface area contributed by atoms with Crippen molar-refractivity contribution in [1.82, 2.24) is 9.66 Å². The van der Waals surface area contributed by atoms with Gasteiger partial charge in [-0.2, -0.15) is 9.78 Å². The highest BCUT2D eigenvalue weighted by atomic mass is 79.9. The third kappa shape index (κ3) is 6.25. The van der Waals surface area contributed by atoms with Gasteiger partial charge in [0.25, 0.3) is 11.5 Å². The van der Waals surface area contributed by atoms with Crippen LogP contribution in [0, 0.1) is 6.92 Å². The van der Waals surface area contributed by atoms with Gasteiger partial charge in [0.15, 0.2) is 23.9 Å². The van der Waals surface area contributed by atoms with Crippen molar-refractivity contribution in [1.29, 1.82) is 0 Å². The molecule has 4 aromatic carbocycles. The highest BCUT2D eigenvalue weighted by Gasteiger charge is 2.17. The molecule has 0 saturated heterocycles. The molecule has 9 nitrogen and oxygen atoms in total. The van der Waals surface area contributed by atoms with E-state index >= 15 is 0 Å². The van der Waals surface area contributed by atoms with Gasteiger partial charge in [0, 0.05) is 15.5 Å². The minimum Gasteiger partial charge on any atom is -0.490 e. The number of rotatable bonds is 9. The number of benzene rings is 4. The number of para-hydroxylation sites is 1. The van der Waals surface area contributed by atoms with Crippen LogP contribution in [0.2, 0.25) is 0 Å². The van der Waals surface area contributed by atoms with Crippen molar-refractivity contribution < 1.29 is 18.7 Å². The van der Waals surface area contributed by atoms with Crippen LogP contribution in [-0.4, -0.2) is 35.0 Å². The van der Waals surface area contributed by atoms with Crippen LogP contribution in [0.5, 0.6) is 11.5 Å². The molecule has 2 aromatic heterocycles. The van der Waals surface area contributed by atoms with Crippen LogP contribution in [0.15, 0.2) is 110 Å². The van der Waals surface area contributed by atoms with E-state index in [4.69, 9.17) is 18.9 Å². The van der Waals surface area contributed by atoms with E-state index in [1.165, 1.54) is 10.9 Å². The first kappa shape index (κ1) is 28.9. The van der Waals surface area contributed by atoms with Crippen molar-refractivity contribution in [3.63, 3.8) is 0 Å².